The molecule has 0 heterocycles. The van der Waals surface area contributed by atoms with Gasteiger partial charge in [0.05, 0.1) is 0 Å². The van der Waals surface area contributed by atoms with E-state index in [-0.39, 0.29) is 11.5 Å². The molecule has 1 rings (SSSR count). The van der Waals surface area contributed by atoms with E-state index in [1.54, 1.807) is 26.2 Å². The zero-order chi connectivity index (χ0) is 11.6. The van der Waals surface area contributed by atoms with Crippen molar-refractivity contribution in [2.45, 2.75) is 13.8 Å². The summed E-state index contributed by atoms with van der Waals surface area (Å²) in [6, 6.07) is 3.22. The second kappa shape index (κ2) is 4.21. The third-order valence-electron chi connectivity index (χ3n) is 2.14. The Kier molecular flexibility index (Phi) is 3.19. The summed E-state index contributed by atoms with van der Waals surface area (Å²) in [6.45, 7) is 3.77. The maximum Gasteiger partial charge on any atom is 0.414 e. The Hall–Kier alpha value is -1.71. The summed E-state index contributed by atoms with van der Waals surface area (Å²) in [5.41, 5.74) is 1.92. The van der Waals surface area contributed by atoms with Gasteiger partial charge in [-0.15, -0.1) is 0 Å². The fourth-order valence-corrected chi connectivity index (χ4v) is 1.04. The van der Waals surface area contributed by atoms with E-state index in [2.05, 4.69) is 0 Å². The summed E-state index contributed by atoms with van der Waals surface area (Å²) < 4.78 is 4.98. The predicted octanol–water partition coefficient (Wildman–Crippen LogP) is 2.07. The molecule has 4 nitrogen and oxygen atoms in total. The van der Waals surface area contributed by atoms with E-state index < -0.39 is 6.09 Å². The Balaban J connectivity index is 2.96. The fourth-order valence-electron chi connectivity index (χ4n) is 1.04. The maximum absolute atomic E-state index is 11.3. The topological polar surface area (TPSA) is 49.8 Å². The molecule has 0 radical (unpaired) electrons. The Morgan fingerprint density at radius 3 is 2.33 bits per heavy atom. The molecule has 0 aromatic heterocycles. The fraction of sp³-hybridized carbons (Fsp3) is 0.364. The number of aromatic hydroxyl groups is 1. The number of carbonyl (C=O) groups excluding carboxylic acids is 1. The minimum Gasteiger partial charge on any atom is -0.504 e. The van der Waals surface area contributed by atoms with Crippen molar-refractivity contribution in [3.8, 4) is 11.5 Å². The Bertz CT molecular complexity index is 386. The van der Waals surface area contributed by atoms with Crippen LogP contribution in [0, 0.1) is 13.8 Å². The van der Waals surface area contributed by atoms with E-state index in [4.69, 9.17) is 4.74 Å². The molecule has 1 aromatic rings. The second-order valence-electron chi connectivity index (χ2n) is 3.67. The molecule has 0 saturated carbocycles. The van der Waals surface area contributed by atoms with E-state index in [1.165, 1.54) is 4.90 Å². The van der Waals surface area contributed by atoms with Crippen LogP contribution in [0.2, 0.25) is 0 Å². The van der Waals surface area contributed by atoms with Crippen LogP contribution in [0.15, 0.2) is 12.1 Å². The van der Waals surface area contributed by atoms with Crippen LogP contribution < -0.4 is 4.74 Å². The van der Waals surface area contributed by atoms with Gasteiger partial charge in [-0.2, -0.15) is 0 Å². The molecule has 1 N–H and O–H groups in total. The standard InChI is InChI=1S/C11H15NO3/c1-7-5-9(13)10(6-8(7)2)15-11(14)12(3)4/h5-6,13H,1-4H3. The van der Waals surface area contributed by atoms with Crippen LogP contribution in [0.25, 0.3) is 0 Å². The van der Waals surface area contributed by atoms with Crippen molar-refractivity contribution < 1.29 is 14.6 Å². The molecule has 0 aliphatic carbocycles. The number of ether oxygens (including phenoxy) is 1. The maximum atomic E-state index is 11.3. The minimum absolute atomic E-state index is 0.0201. The molecule has 0 spiro atoms. The number of carbonyl (C=O) groups is 1. The summed E-state index contributed by atoms with van der Waals surface area (Å²) in [7, 11) is 3.17. The Labute approximate surface area is 89.1 Å². The normalized spacial score (nSPS) is 9.87. The largest absolute Gasteiger partial charge is 0.504 e. The van der Waals surface area contributed by atoms with Crippen molar-refractivity contribution >= 4 is 6.09 Å². The second-order valence-corrected chi connectivity index (χ2v) is 3.67. The molecule has 0 unspecified atom stereocenters. The average Bonchev–Trinajstić information content (AvgIpc) is 2.13. The van der Waals surface area contributed by atoms with E-state index in [0.717, 1.165) is 11.1 Å². The highest BCUT2D eigenvalue weighted by atomic mass is 16.6. The van der Waals surface area contributed by atoms with Crippen LogP contribution in [-0.4, -0.2) is 30.2 Å². The molecule has 15 heavy (non-hydrogen) atoms. The first-order valence-corrected chi connectivity index (χ1v) is 4.61. The molecule has 0 aliphatic rings. The number of benzene rings is 1. The first kappa shape index (κ1) is 11.4. The average molecular weight is 209 g/mol. The molecule has 0 fully saturated rings. The Morgan fingerprint density at radius 2 is 1.80 bits per heavy atom. The third kappa shape index (κ3) is 2.62. The lowest BCUT2D eigenvalue weighted by atomic mass is 10.1. The van der Waals surface area contributed by atoms with Crippen molar-refractivity contribution in [1.82, 2.24) is 4.90 Å². The quantitative estimate of drug-likeness (QED) is 0.770. The van der Waals surface area contributed by atoms with Crippen molar-refractivity contribution in [2.75, 3.05) is 14.1 Å². The Morgan fingerprint density at radius 1 is 1.27 bits per heavy atom. The summed E-state index contributed by atoms with van der Waals surface area (Å²) >= 11 is 0. The van der Waals surface area contributed by atoms with Gasteiger partial charge in [-0.1, -0.05) is 0 Å². The number of nitrogens with zero attached hydrogens (tertiary/aromatic N) is 1. The van der Waals surface area contributed by atoms with Gasteiger partial charge in [0.25, 0.3) is 0 Å². The number of hydrogen-bond donors (Lipinski definition) is 1. The molecule has 0 aliphatic heterocycles. The first-order valence-electron chi connectivity index (χ1n) is 4.61. The van der Waals surface area contributed by atoms with Gasteiger partial charge in [-0.05, 0) is 37.1 Å². The first-order chi connectivity index (χ1) is 6.91. The molecular weight excluding hydrogens is 194 g/mol. The minimum atomic E-state index is -0.506. The summed E-state index contributed by atoms with van der Waals surface area (Å²) in [4.78, 5) is 12.6. The number of phenols is 1. The molecule has 82 valence electrons. The molecule has 4 heteroatoms. The van der Waals surface area contributed by atoms with Gasteiger partial charge in [-0.3, -0.25) is 0 Å². The van der Waals surface area contributed by atoms with Crippen molar-refractivity contribution in [3.63, 3.8) is 0 Å². The van der Waals surface area contributed by atoms with Crippen LogP contribution >= 0.6 is 0 Å². The number of amides is 1. The van der Waals surface area contributed by atoms with Crippen LogP contribution in [0.5, 0.6) is 11.5 Å². The van der Waals surface area contributed by atoms with E-state index in [9.17, 15) is 9.90 Å². The van der Waals surface area contributed by atoms with Gasteiger partial charge in [-0.25, -0.2) is 4.79 Å². The highest BCUT2D eigenvalue weighted by Crippen LogP contribution is 2.29. The summed E-state index contributed by atoms with van der Waals surface area (Å²) in [6.07, 6.45) is -0.506. The van der Waals surface area contributed by atoms with Crippen molar-refractivity contribution in [1.29, 1.82) is 0 Å². The number of aryl methyl sites for hydroxylation is 2. The third-order valence-corrected chi connectivity index (χ3v) is 2.14. The van der Waals surface area contributed by atoms with Crippen LogP contribution in [0.3, 0.4) is 0 Å². The molecule has 1 amide bonds. The van der Waals surface area contributed by atoms with Crippen LogP contribution in [-0.2, 0) is 0 Å². The zero-order valence-electron chi connectivity index (χ0n) is 9.37. The molecule has 0 bridgehead atoms. The lowest BCUT2D eigenvalue weighted by molar-refractivity contribution is 0.170. The molecule has 1 aromatic carbocycles. The van der Waals surface area contributed by atoms with Gasteiger partial charge in [0, 0.05) is 14.1 Å². The van der Waals surface area contributed by atoms with E-state index >= 15 is 0 Å². The van der Waals surface area contributed by atoms with Crippen LogP contribution in [0.4, 0.5) is 4.79 Å². The van der Waals surface area contributed by atoms with Gasteiger partial charge in [0.1, 0.15) is 0 Å². The molecule has 0 atom stereocenters. The zero-order valence-corrected chi connectivity index (χ0v) is 9.37. The van der Waals surface area contributed by atoms with E-state index in [1.807, 2.05) is 13.8 Å². The lowest BCUT2D eigenvalue weighted by Gasteiger charge is -2.12. The molecule has 0 saturated heterocycles. The van der Waals surface area contributed by atoms with Crippen LogP contribution in [0.1, 0.15) is 11.1 Å². The van der Waals surface area contributed by atoms with Crippen molar-refractivity contribution in [2.24, 2.45) is 0 Å². The smallest absolute Gasteiger partial charge is 0.414 e. The summed E-state index contributed by atoms with van der Waals surface area (Å²) in [5.74, 6) is 0.171. The van der Waals surface area contributed by atoms with Gasteiger partial charge in [0.2, 0.25) is 0 Å². The highest BCUT2D eigenvalue weighted by Gasteiger charge is 2.11. The van der Waals surface area contributed by atoms with Gasteiger partial charge < -0.3 is 14.7 Å². The number of phenolic OH excluding ortho intramolecular Hbond substituents is 1. The molecular formula is C11H15NO3. The van der Waals surface area contributed by atoms with Gasteiger partial charge >= 0.3 is 6.09 Å². The number of rotatable bonds is 1. The lowest BCUT2D eigenvalue weighted by Crippen LogP contribution is -2.25. The van der Waals surface area contributed by atoms with E-state index in [0.29, 0.717) is 0 Å². The predicted molar refractivity (Wildman–Crippen MR) is 57.3 cm³/mol. The highest BCUT2D eigenvalue weighted by molar-refractivity contribution is 5.71. The summed E-state index contributed by atoms with van der Waals surface area (Å²) in [5, 5.41) is 9.55. The van der Waals surface area contributed by atoms with Crippen molar-refractivity contribution in [3.05, 3.63) is 23.3 Å². The SMILES string of the molecule is Cc1cc(O)c(OC(=O)N(C)C)cc1C. The van der Waals surface area contributed by atoms with Gasteiger partial charge in [0.15, 0.2) is 11.5 Å². The monoisotopic (exact) mass is 209 g/mol. The number of hydrogen-bond acceptors (Lipinski definition) is 3.